The van der Waals surface area contributed by atoms with E-state index in [4.69, 9.17) is 0 Å². The summed E-state index contributed by atoms with van der Waals surface area (Å²) >= 11 is 0. The van der Waals surface area contributed by atoms with Crippen molar-refractivity contribution in [2.75, 3.05) is 25.5 Å². The summed E-state index contributed by atoms with van der Waals surface area (Å²) in [6.45, 7) is -0.380. The molecule has 0 heterocycles. The van der Waals surface area contributed by atoms with E-state index in [1.54, 1.807) is 6.07 Å². The molecule has 0 aliphatic carbocycles. The molecule has 0 aliphatic rings. The molecular formula is C11H15F3N2O2S. The molecule has 19 heavy (non-hydrogen) atoms. The van der Waals surface area contributed by atoms with Gasteiger partial charge in [-0.3, -0.25) is 0 Å². The van der Waals surface area contributed by atoms with E-state index >= 15 is 0 Å². The number of rotatable bonds is 5. The lowest BCUT2D eigenvalue weighted by molar-refractivity contribution is -0.135. The van der Waals surface area contributed by atoms with Crippen molar-refractivity contribution >= 4 is 15.7 Å². The summed E-state index contributed by atoms with van der Waals surface area (Å²) in [6, 6.07) is 5.84. The molecule has 0 radical (unpaired) electrons. The third-order valence-electron chi connectivity index (χ3n) is 2.48. The summed E-state index contributed by atoms with van der Waals surface area (Å²) in [6.07, 6.45) is -4.57. The molecule has 1 rings (SSSR count). The Morgan fingerprint density at radius 2 is 1.84 bits per heavy atom. The fourth-order valence-electron chi connectivity index (χ4n) is 1.60. The summed E-state index contributed by atoms with van der Waals surface area (Å²) in [4.78, 5) is -0.163. The van der Waals surface area contributed by atoms with Gasteiger partial charge in [0.15, 0.2) is 0 Å². The van der Waals surface area contributed by atoms with Crippen LogP contribution in [0.3, 0.4) is 0 Å². The Hall–Kier alpha value is -1.28. The van der Waals surface area contributed by atoms with Gasteiger partial charge in [-0.2, -0.15) is 17.5 Å². The Kier molecular flexibility index (Phi) is 4.81. The molecule has 0 amide bonds. The maximum Gasteiger partial charge on any atom is 0.402 e. The van der Waals surface area contributed by atoms with Crippen molar-refractivity contribution < 1.29 is 21.6 Å². The van der Waals surface area contributed by atoms with Crippen LogP contribution in [0.1, 0.15) is 6.92 Å². The monoisotopic (exact) mass is 296 g/mol. The Balaban J connectivity index is 3.21. The van der Waals surface area contributed by atoms with Crippen LogP contribution in [0, 0.1) is 0 Å². The van der Waals surface area contributed by atoms with Crippen LogP contribution in [-0.4, -0.2) is 39.0 Å². The highest BCUT2D eigenvalue weighted by Gasteiger charge is 2.36. The fraction of sp³-hybridized carbons (Fsp3) is 0.455. The number of hydrogen-bond acceptors (Lipinski definition) is 3. The Morgan fingerprint density at radius 1 is 1.26 bits per heavy atom. The van der Waals surface area contributed by atoms with Gasteiger partial charge in [0, 0.05) is 13.6 Å². The Labute approximate surface area is 110 Å². The van der Waals surface area contributed by atoms with Gasteiger partial charge < -0.3 is 5.32 Å². The largest absolute Gasteiger partial charge is 0.402 e. The van der Waals surface area contributed by atoms with Crippen molar-refractivity contribution in [2.24, 2.45) is 0 Å². The first-order chi connectivity index (χ1) is 8.72. The van der Waals surface area contributed by atoms with Crippen molar-refractivity contribution in [3.05, 3.63) is 24.3 Å². The lowest BCUT2D eigenvalue weighted by atomic mass is 10.3. The lowest BCUT2D eigenvalue weighted by Gasteiger charge is -2.23. The maximum atomic E-state index is 12.4. The van der Waals surface area contributed by atoms with Crippen molar-refractivity contribution in [1.82, 2.24) is 4.31 Å². The molecule has 0 saturated carbocycles. The third kappa shape index (κ3) is 3.84. The van der Waals surface area contributed by atoms with Crippen molar-refractivity contribution in [2.45, 2.75) is 18.0 Å². The first kappa shape index (κ1) is 15.8. The molecule has 0 spiro atoms. The molecule has 0 aromatic heterocycles. The molecule has 108 valence electrons. The third-order valence-corrected chi connectivity index (χ3v) is 4.46. The van der Waals surface area contributed by atoms with E-state index in [1.165, 1.54) is 32.2 Å². The number of nitrogens with zero attached hydrogens (tertiary/aromatic N) is 1. The highest BCUT2D eigenvalue weighted by atomic mass is 32.2. The molecule has 0 bridgehead atoms. The highest BCUT2D eigenvalue weighted by molar-refractivity contribution is 7.89. The Morgan fingerprint density at radius 3 is 2.32 bits per heavy atom. The second-order valence-corrected chi connectivity index (χ2v) is 5.70. The number of nitrogens with one attached hydrogen (secondary N) is 1. The summed E-state index contributed by atoms with van der Waals surface area (Å²) in [5, 5.41) is 2.66. The fourth-order valence-corrected chi connectivity index (χ4v) is 3.24. The molecule has 1 N–H and O–H groups in total. The van der Waals surface area contributed by atoms with Crippen LogP contribution < -0.4 is 5.32 Å². The van der Waals surface area contributed by atoms with Crippen LogP contribution >= 0.6 is 0 Å². The van der Waals surface area contributed by atoms with E-state index < -0.39 is 22.7 Å². The van der Waals surface area contributed by atoms with E-state index in [0.717, 1.165) is 0 Å². The molecule has 1 aromatic carbocycles. The Bertz CT molecular complexity index is 529. The minimum Gasteiger partial charge on any atom is -0.387 e. The molecule has 0 saturated heterocycles. The van der Waals surface area contributed by atoms with Gasteiger partial charge in [-0.1, -0.05) is 19.1 Å². The number of halogens is 3. The van der Waals surface area contributed by atoms with Gasteiger partial charge in [0.25, 0.3) is 0 Å². The van der Waals surface area contributed by atoms with Crippen LogP contribution in [0.5, 0.6) is 0 Å². The van der Waals surface area contributed by atoms with Crippen LogP contribution in [0.4, 0.5) is 18.9 Å². The second-order valence-electron chi connectivity index (χ2n) is 3.79. The number of para-hydroxylation sites is 1. The van der Waals surface area contributed by atoms with Crippen molar-refractivity contribution in [3.63, 3.8) is 0 Å². The topological polar surface area (TPSA) is 49.4 Å². The first-order valence-corrected chi connectivity index (χ1v) is 7.00. The minimum atomic E-state index is -4.57. The smallest absolute Gasteiger partial charge is 0.387 e. The molecular weight excluding hydrogens is 281 g/mol. The summed E-state index contributed by atoms with van der Waals surface area (Å²) < 4.78 is 62.0. The average Bonchev–Trinajstić information content (AvgIpc) is 2.34. The van der Waals surface area contributed by atoms with Gasteiger partial charge in [0.2, 0.25) is 10.0 Å². The SMILES string of the molecule is CCN(CC(F)(F)F)S(=O)(=O)c1ccccc1NC. The maximum absolute atomic E-state index is 12.4. The molecule has 0 atom stereocenters. The number of hydrogen-bond donors (Lipinski definition) is 1. The van der Waals surface area contributed by atoms with Gasteiger partial charge in [0.1, 0.15) is 11.4 Å². The standard InChI is InChI=1S/C11H15F3N2O2S/c1-3-16(8-11(12,13)14)19(17,18)10-7-5-4-6-9(10)15-2/h4-7,15H,3,8H2,1-2H3. The van der Waals surface area contributed by atoms with E-state index in [-0.39, 0.29) is 17.1 Å². The van der Waals surface area contributed by atoms with Gasteiger partial charge >= 0.3 is 6.18 Å². The molecule has 0 aliphatic heterocycles. The van der Waals surface area contributed by atoms with Gasteiger partial charge in [-0.05, 0) is 12.1 Å². The van der Waals surface area contributed by atoms with Crippen molar-refractivity contribution in [1.29, 1.82) is 0 Å². The quantitative estimate of drug-likeness (QED) is 0.907. The lowest BCUT2D eigenvalue weighted by Crippen LogP contribution is -2.38. The van der Waals surface area contributed by atoms with E-state index in [0.29, 0.717) is 4.31 Å². The van der Waals surface area contributed by atoms with Crippen molar-refractivity contribution in [3.8, 4) is 0 Å². The average molecular weight is 296 g/mol. The predicted octanol–water partition coefficient (Wildman–Crippen LogP) is 2.30. The summed E-state index contributed by atoms with van der Waals surface area (Å²) in [7, 11) is -2.67. The van der Waals surface area contributed by atoms with Gasteiger partial charge in [-0.15, -0.1) is 0 Å². The highest BCUT2D eigenvalue weighted by Crippen LogP contribution is 2.26. The van der Waals surface area contributed by atoms with Crippen LogP contribution in [-0.2, 0) is 10.0 Å². The zero-order chi connectivity index (χ0) is 14.7. The zero-order valence-electron chi connectivity index (χ0n) is 10.5. The molecule has 0 unspecified atom stereocenters. The number of sulfonamides is 1. The number of anilines is 1. The van der Waals surface area contributed by atoms with E-state index in [2.05, 4.69) is 5.32 Å². The number of benzene rings is 1. The number of alkyl halides is 3. The second kappa shape index (κ2) is 5.79. The molecule has 0 fully saturated rings. The molecule has 4 nitrogen and oxygen atoms in total. The minimum absolute atomic E-state index is 0.163. The van der Waals surface area contributed by atoms with Gasteiger partial charge in [-0.25, -0.2) is 8.42 Å². The van der Waals surface area contributed by atoms with Crippen LogP contribution in [0.25, 0.3) is 0 Å². The molecule has 8 heteroatoms. The van der Waals surface area contributed by atoms with Crippen LogP contribution in [0.2, 0.25) is 0 Å². The predicted molar refractivity (Wildman–Crippen MR) is 66.5 cm³/mol. The van der Waals surface area contributed by atoms with Crippen LogP contribution in [0.15, 0.2) is 29.2 Å². The van der Waals surface area contributed by atoms with Gasteiger partial charge in [0.05, 0.1) is 5.69 Å². The normalized spacial score (nSPS) is 12.7. The summed E-state index contributed by atoms with van der Waals surface area (Å²) in [5.74, 6) is 0. The first-order valence-electron chi connectivity index (χ1n) is 5.56. The van der Waals surface area contributed by atoms with E-state index in [9.17, 15) is 21.6 Å². The summed E-state index contributed by atoms with van der Waals surface area (Å²) in [5.41, 5.74) is 0.267. The van der Waals surface area contributed by atoms with E-state index in [1.807, 2.05) is 0 Å². The molecule has 1 aromatic rings. The zero-order valence-corrected chi connectivity index (χ0v) is 11.3.